The first-order valence-corrected chi connectivity index (χ1v) is 5.21. The molecule has 2 fully saturated rings. The molecule has 0 N–H and O–H groups in total. The number of methoxy groups -OCH3 is 1. The maximum atomic E-state index is 5.78. The highest BCUT2D eigenvalue weighted by Crippen LogP contribution is 2.46. The van der Waals surface area contributed by atoms with Gasteiger partial charge in [-0.05, 0) is 12.8 Å². The van der Waals surface area contributed by atoms with Gasteiger partial charge in [0.15, 0.2) is 5.79 Å². The lowest BCUT2D eigenvalue weighted by Gasteiger charge is -2.26. The van der Waals surface area contributed by atoms with Crippen LogP contribution < -0.4 is 0 Å². The highest BCUT2D eigenvalue weighted by atomic mass is 35.5. The Morgan fingerprint density at radius 1 is 1.54 bits per heavy atom. The van der Waals surface area contributed by atoms with Crippen LogP contribution in [0.2, 0.25) is 0 Å². The second kappa shape index (κ2) is 3.73. The summed E-state index contributed by atoms with van der Waals surface area (Å²) in [5, 5.41) is 0. The van der Waals surface area contributed by atoms with Gasteiger partial charge in [0.05, 0.1) is 18.6 Å². The molecule has 1 aliphatic heterocycles. The van der Waals surface area contributed by atoms with Crippen LogP contribution in [0.3, 0.4) is 0 Å². The van der Waals surface area contributed by atoms with Crippen LogP contribution in [0.4, 0.5) is 0 Å². The molecule has 2 unspecified atom stereocenters. The molecule has 0 aromatic carbocycles. The van der Waals surface area contributed by atoms with E-state index in [2.05, 4.69) is 0 Å². The molecule has 2 atom stereocenters. The van der Waals surface area contributed by atoms with E-state index >= 15 is 0 Å². The number of ether oxygens (including phenoxy) is 3. The molecule has 2 rings (SSSR count). The Kier molecular flexibility index (Phi) is 2.79. The first-order chi connectivity index (χ1) is 6.30. The van der Waals surface area contributed by atoms with Crippen LogP contribution in [0.5, 0.6) is 0 Å². The van der Waals surface area contributed by atoms with Gasteiger partial charge in [-0.15, -0.1) is 11.6 Å². The number of rotatable bonds is 4. The maximum Gasteiger partial charge on any atom is 0.195 e. The molecule has 1 saturated heterocycles. The van der Waals surface area contributed by atoms with Gasteiger partial charge in [-0.1, -0.05) is 0 Å². The highest BCUT2D eigenvalue weighted by molar-refractivity contribution is 6.18. The molecule has 0 spiro atoms. The van der Waals surface area contributed by atoms with Gasteiger partial charge in [0.1, 0.15) is 6.61 Å². The van der Waals surface area contributed by atoms with E-state index in [0.717, 1.165) is 0 Å². The smallest absolute Gasteiger partial charge is 0.195 e. The van der Waals surface area contributed by atoms with Crippen LogP contribution in [0.1, 0.15) is 12.8 Å². The highest BCUT2D eigenvalue weighted by Gasteiger charge is 2.52. The first kappa shape index (κ1) is 9.71. The van der Waals surface area contributed by atoms with Crippen molar-refractivity contribution in [3.63, 3.8) is 0 Å². The third-order valence-corrected chi connectivity index (χ3v) is 2.94. The van der Waals surface area contributed by atoms with E-state index in [1.54, 1.807) is 7.11 Å². The van der Waals surface area contributed by atoms with Gasteiger partial charge in [0.25, 0.3) is 0 Å². The summed E-state index contributed by atoms with van der Waals surface area (Å²) in [7, 11) is 1.67. The molecule has 1 aliphatic carbocycles. The predicted octanol–water partition coefficient (Wildman–Crippen LogP) is 1.39. The van der Waals surface area contributed by atoms with Crippen molar-refractivity contribution in [3.05, 3.63) is 0 Å². The Labute approximate surface area is 83.3 Å². The third kappa shape index (κ3) is 1.84. The van der Waals surface area contributed by atoms with Crippen LogP contribution in [0.15, 0.2) is 0 Å². The molecule has 76 valence electrons. The van der Waals surface area contributed by atoms with E-state index in [-0.39, 0.29) is 6.10 Å². The quantitative estimate of drug-likeness (QED) is 0.651. The number of alkyl halides is 1. The first-order valence-electron chi connectivity index (χ1n) is 4.67. The van der Waals surface area contributed by atoms with E-state index in [1.165, 1.54) is 12.8 Å². The Morgan fingerprint density at radius 2 is 2.31 bits per heavy atom. The van der Waals surface area contributed by atoms with E-state index in [0.29, 0.717) is 25.0 Å². The molecule has 0 amide bonds. The molecule has 0 aromatic rings. The topological polar surface area (TPSA) is 27.7 Å². The molecule has 1 saturated carbocycles. The van der Waals surface area contributed by atoms with Gasteiger partial charge < -0.3 is 14.2 Å². The summed E-state index contributed by atoms with van der Waals surface area (Å²) in [6, 6.07) is 0. The van der Waals surface area contributed by atoms with Crippen molar-refractivity contribution in [2.24, 2.45) is 5.92 Å². The lowest BCUT2D eigenvalue weighted by molar-refractivity contribution is -0.209. The number of halogens is 1. The summed E-state index contributed by atoms with van der Waals surface area (Å²) in [6.07, 6.45) is 2.40. The molecule has 0 radical (unpaired) electrons. The monoisotopic (exact) mass is 206 g/mol. The Hall–Kier alpha value is 0.170. The lowest BCUT2D eigenvalue weighted by atomic mass is 10.2. The summed E-state index contributed by atoms with van der Waals surface area (Å²) in [5.41, 5.74) is 0. The molecule has 0 aromatic heterocycles. The minimum absolute atomic E-state index is 0.0393. The summed E-state index contributed by atoms with van der Waals surface area (Å²) in [4.78, 5) is 0. The van der Waals surface area contributed by atoms with Crippen LogP contribution in [0.25, 0.3) is 0 Å². The van der Waals surface area contributed by atoms with E-state index in [4.69, 9.17) is 25.8 Å². The molecule has 0 bridgehead atoms. The van der Waals surface area contributed by atoms with Crippen molar-refractivity contribution in [1.82, 2.24) is 0 Å². The normalized spacial score (nSPS) is 39.7. The van der Waals surface area contributed by atoms with Crippen molar-refractivity contribution >= 4 is 11.6 Å². The number of hydrogen-bond donors (Lipinski definition) is 0. The van der Waals surface area contributed by atoms with Crippen molar-refractivity contribution < 1.29 is 14.2 Å². The minimum atomic E-state index is -0.478. The molecular weight excluding hydrogens is 192 g/mol. The fraction of sp³-hybridized carbons (Fsp3) is 1.00. The van der Waals surface area contributed by atoms with E-state index in [1.807, 2.05) is 0 Å². The SMILES string of the molecule is COCC1(C2CC2)OCC(CCl)O1. The average molecular weight is 207 g/mol. The zero-order valence-electron chi connectivity index (χ0n) is 7.79. The molecule has 13 heavy (non-hydrogen) atoms. The van der Waals surface area contributed by atoms with Crippen LogP contribution in [-0.4, -0.2) is 38.1 Å². The summed E-state index contributed by atoms with van der Waals surface area (Å²) in [6.45, 7) is 1.12. The van der Waals surface area contributed by atoms with Gasteiger partial charge >= 0.3 is 0 Å². The summed E-state index contributed by atoms with van der Waals surface area (Å²) in [5.74, 6) is 0.535. The van der Waals surface area contributed by atoms with E-state index < -0.39 is 5.79 Å². The van der Waals surface area contributed by atoms with Gasteiger partial charge in [0.2, 0.25) is 0 Å². The van der Waals surface area contributed by atoms with Crippen LogP contribution in [0, 0.1) is 5.92 Å². The number of hydrogen-bond acceptors (Lipinski definition) is 3. The van der Waals surface area contributed by atoms with Crippen molar-refractivity contribution in [1.29, 1.82) is 0 Å². The van der Waals surface area contributed by atoms with Crippen LogP contribution >= 0.6 is 11.6 Å². The second-order valence-corrected chi connectivity index (χ2v) is 4.03. The molecule has 1 heterocycles. The van der Waals surface area contributed by atoms with Gasteiger partial charge in [0, 0.05) is 13.0 Å². The second-order valence-electron chi connectivity index (χ2n) is 3.72. The van der Waals surface area contributed by atoms with E-state index in [9.17, 15) is 0 Å². The van der Waals surface area contributed by atoms with Crippen LogP contribution in [-0.2, 0) is 14.2 Å². The third-order valence-electron chi connectivity index (χ3n) is 2.60. The minimum Gasteiger partial charge on any atom is -0.379 e. The standard InChI is InChI=1S/C9H15ClO3/c1-11-6-9(7-2-3-7)12-5-8(4-10)13-9/h7-8H,2-6H2,1H3. The summed E-state index contributed by atoms with van der Waals surface area (Å²) < 4.78 is 16.6. The molecule has 2 aliphatic rings. The predicted molar refractivity (Wildman–Crippen MR) is 48.9 cm³/mol. The van der Waals surface area contributed by atoms with Crippen molar-refractivity contribution in [2.45, 2.75) is 24.7 Å². The molecular formula is C9H15ClO3. The van der Waals surface area contributed by atoms with Gasteiger partial charge in [-0.25, -0.2) is 0 Å². The Bertz CT molecular complexity index is 184. The largest absolute Gasteiger partial charge is 0.379 e. The Morgan fingerprint density at radius 3 is 2.77 bits per heavy atom. The van der Waals surface area contributed by atoms with Crippen molar-refractivity contribution in [3.8, 4) is 0 Å². The Balaban J connectivity index is 1.98. The van der Waals surface area contributed by atoms with Crippen molar-refractivity contribution in [2.75, 3.05) is 26.2 Å². The van der Waals surface area contributed by atoms with Gasteiger partial charge in [-0.2, -0.15) is 0 Å². The zero-order valence-corrected chi connectivity index (χ0v) is 8.55. The summed E-state index contributed by atoms with van der Waals surface area (Å²) >= 11 is 5.71. The zero-order chi connectivity index (χ0) is 9.31. The molecule has 3 nitrogen and oxygen atoms in total. The molecule has 4 heteroatoms. The maximum absolute atomic E-state index is 5.78. The lowest BCUT2D eigenvalue weighted by Crippen LogP contribution is -2.38. The van der Waals surface area contributed by atoms with Gasteiger partial charge in [-0.3, -0.25) is 0 Å². The average Bonchev–Trinajstić information content (AvgIpc) is 2.91. The fourth-order valence-corrected chi connectivity index (χ4v) is 1.94. The fourth-order valence-electron chi connectivity index (χ4n) is 1.79.